The van der Waals surface area contributed by atoms with Crippen molar-refractivity contribution in [2.24, 2.45) is 0 Å². The van der Waals surface area contributed by atoms with Crippen molar-refractivity contribution in [3.8, 4) is 6.07 Å². The first-order chi connectivity index (χ1) is 23.1. The first-order valence-corrected chi connectivity index (χ1v) is 16.6. The van der Waals surface area contributed by atoms with Gasteiger partial charge in [-0.25, -0.2) is 0 Å². The van der Waals surface area contributed by atoms with E-state index in [1.54, 1.807) is 0 Å². The van der Waals surface area contributed by atoms with Gasteiger partial charge in [0.05, 0.1) is 45.5 Å². The van der Waals surface area contributed by atoms with Crippen LogP contribution >= 0.6 is 8.69 Å². The van der Waals surface area contributed by atoms with Gasteiger partial charge in [-0.3, -0.25) is 4.52 Å². The summed E-state index contributed by atoms with van der Waals surface area (Å²) in [7, 11) is -2.98. The highest BCUT2D eigenvalue weighted by atomic mass is 31.2. The number of benzene rings is 4. The lowest BCUT2D eigenvalue weighted by Crippen LogP contribution is -2.66. The van der Waals surface area contributed by atoms with Gasteiger partial charge in [-0.15, -0.1) is 0 Å². The summed E-state index contributed by atoms with van der Waals surface area (Å²) in [6, 6.07) is 40.3. The molecule has 246 valence electrons. The Bertz CT molecular complexity index is 1480. The number of halogens is 1. The van der Waals surface area contributed by atoms with E-state index in [2.05, 4.69) is 0 Å². The van der Waals surface area contributed by atoms with Gasteiger partial charge in [0, 0.05) is 0 Å². The number of nitrogens with zero attached hydrogens (tertiary/aromatic N) is 1. The molecule has 8 nitrogen and oxygen atoms in total. The van der Waals surface area contributed by atoms with Crippen LogP contribution in [0.3, 0.4) is 0 Å². The molecule has 1 aliphatic carbocycles. The topological polar surface area (TPSA) is 99.4 Å². The van der Waals surface area contributed by atoms with Crippen molar-refractivity contribution >= 4 is 8.69 Å². The molecular weight excluding hydrogens is 620 g/mol. The van der Waals surface area contributed by atoms with Crippen LogP contribution in [0.5, 0.6) is 0 Å². The molecule has 4 aromatic rings. The molecule has 0 amide bonds. The van der Waals surface area contributed by atoms with Gasteiger partial charge in [0.2, 0.25) is 0 Å². The largest absolute Gasteiger partial charge is 0.387 e. The standard InChI is InChI=1S/C37H39FNO7P/c38-47(45-23-13-22-39)46-34-32(40)33(41-24-28-14-5-1-6-15-28)35(42-25-29-16-7-2-8-17-29)37(44-27-31-20-11-4-12-21-31)36(34)43-26-30-18-9-3-10-19-30/h1-12,14-21,32-37,40H,13,23-27H2/t32-,33-,34-,35+,36-,37-,47?/m1/s1. The van der Waals surface area contributed by atoms with Crippen LogP contribution in [0.1, 0.15) is 28.7 Å². The van der Waals surface area contributed by atoms with Crippen molar-refractivity contribution in [2.75, 3.05) is 6.61 Å². The molecule has 1 fully saturated rings. The SMILES string of the molecule is N#CCCOP(F)O[C@@H]1[C@H](O)[C@@H](OCc2ccccc2)[C@H](OCc2ccccc2)[C@@H](OCc2ccccc2)[C@@H]1OCc1ccccc1. The molecule has 1 N–H and O–H groups in total. The summed E-state index contributed by atoms with van der Waals surface area (Å²) >= 11 is 0. The molecule has 47 heavy (non-hydrogen) atoms. The zero-order valence-electron chi connectivity index (χ0n) is 25.9. The highest BCUT2D eigenvalue weighted by Gasteiger charge is 2.55. The summed E-state index contributed by atoms with van der Waals surface area (Å²) in [6.45, 7) is 0.549. The Labute approximate surface area is 276 Å². The average Bonchev–Trinajstić information content (AvgIpc) is 3.12. The Morgan fingerprint density at radius 2 is 0.894 bits per heavy atom. The van der Waals surface area contributed by atoms with Crippen LogP contribution in [0.2, 0.25) is 0 Å². The molecule has 0 radical (unpaired) electrons. The molecule has 0 aromatic heterocycles. The fraction of sp³-hybridized carbons (Fsp3) is 0.324. The molecule has 4 aromatic carbocycles. The van der Waals surface area contributed by atoms with Crippen molar-refractivity contribution in [3.63, 3.8) is 0 Å². The van der Waals surface area contributed by atoms with Crippen LogP contribution in [0.15, 0.2) is 121 Å². The zero-order chi connectivity index (χ0) is 32.7. The van der Waals surface area contributed by atoms with Crippen LogP contribution in [-0.4, -0.2) is 48.3 Å². The van der Waals surface area contributed by atoms with E-state index < -0.39 is 45.3 Å². The lowest BCUT2D eigenvalue weighted by atomic mass is 9.84. The Morgan fingerprint density at radius 1 is 0.553 bits per heavy atom. The molecule has 0 heterocycles. The maximum Gasteiger partial charge on any atom is 0.375 e. The van der Waals surface area contributed by atoms with Gasteiger partial charge in [-0.05, 0) is 22.3 Å². The van der Waals surface area contributed by atoms with Crippen LogP contribution in [0.25, 0.3) is 0 Å². The summed E-state index contributed by atoms with van der Waals surface area (Å²) in [6.07, 6.45) is -6.35. The second-order valence-corrected chi connectivity index (χ2v) is 12.0. The van der Waals surface area contributed by atoms with Gasteiger partial charge >= 0.3 is 8.69 Å². The van der Waals surface area contributed by atoms with Crippen LogP contribution in [0, 0.1) is 11.3 Å². The van der Waals surface area contributed by atoms with E-state index in [1.165, 1.54) is 0 Å². The number of ether oxygens (including phenoxy) is 4. The van der Waals surface area contributed by atoms with Gasteiger partial charge in [-0.1, -0.05) is 121 Å². The predicted octanol–water partition coefficient (Wildman–Crippen LogP) is 7.21. The smallest absolute Gasteiger partial charge is 0.375 e. The molecular formula is C37H39FNO7P. The van der Waals surface area contributed by atoms with Gasteiger partial charge in [-0.2, -0.15) is 9.46 Å². The van der Waals surface area contributed by atoms with E-state index >= 15 is 4.20 Å². The zero-order valence-corrected chi connectivity index (χ0v) is 26.8. The molecule has 1 saturated carbocycles. The fourth-order valence-corrected chi connectivity index (χ4v) is 6.11. The summed E-state index contributed by atoms with van der Waals surface area (Å²) in [4.78, 5) is 0. The Balaban J connectivity index is 1.49. The fourth-order valence-electron chi connectivity index (χ4n) is 5.38. The highest BCUT2D eigenvalue weighted by molar-refractivity contribution is 7.41. The van der Waals surface area contributed by atoms with Crippen LogP contribution in [0.4, 0.5) is 4.20 Å². The van der Waals surface area contributed by atoms with E-state index in [0.29, 0.717) is 0 Å². The maximum atomic E-state index is 15.3. The third kappa shape index (κ3) is 10.5. The molecule has 0 bridgehead atoms. The second-order valence-electron chi connectivity index (χ2n) is 11.1. The Morgan fingerprint density at radius 3 is 1.28 bits per heavy atom. The number of rotatable bonds is 17. The normalized spacial score (nSPS) is 23.2. The van der Waals surface area contributed by atoms with E-state index in [0.717, 1.165) is 22.3 Å². The minimum atomic E-state index is -2.98. The van der Waals surface area contributed by atoms with Crippen LogP contribution in [-0.2, 0) is 54.4 Å². The molecule has 10 heteroatoms. The highest BCUT2D eigenvalue weighted by Crippen LogP contribution is 2.46. The number of aliphatic hydroxyl groups excluding tert-OH is 1. The molecule has 7 atom stereocenters. The van der Waals surface area contributed by atoms with E-state index in [-0.39, 0.29) is 39.5 Å². The van der Waals surface area contributed by atoms with Crippen molar-refractivity contribution in [3.05, 3.63) is 144 Å². The summed E-state index contributed by atoms with van der Waals surface area (Å²) in [5.74, 6) is 0. The monoisotopic (exact) mass is 659 g/mol. The van der Waals surface area contributed by atoms with Crippen molar-refractivity contribution < 1.29 is 37.3 Å². The van der Waals surface area contributed by atoms with Crippen molar-refractivity contribution in [1.29, 1.82) is 5.26 Å². The Hall–Kier alpha value is -3.55. The minimum Gasteiger partial charge on any atom is -0.387 e. The summed E-state index contributed by atoms with van der Waals surface area (Å²) in [5.41, 5.74) is 3.59. The third-order valence-corrected chi connectivity index (χ3v) is 8.52. The van der Waals surface area contributed by atoms with E-state index in [4.69, 9.17) is 33.3 Å². The summed E-state index contributed by atoms with van der Waals surface area (Å²) < 4.78 is 52.3. The maximum absolute atomic E-state index is 15.3. The first kappa shape index (κ1) is 34.8. The van der Waals surface area contributed by atoms with Gasteiger partial charge in [0.25, 0.3) is 0 Å². The van der Waals surface area contributed by atoms with Crippen LogP contribution < -0.4 is 0 Å². The predicted molar refractivity (Wildman–Crippen MR) is 175 cm³/mol. The number of hydrogen-bond donors (Lipinski definition) is 1. The molecule has 1 unspecified atom stereocenters. The van der Waals surface area contributed by atoms with E-state index in [1.807, 2.05) is 127 Å². The average molecular weight is 660 g/mol. The van der Waals surface area contributed by atoms with Crippen molar-refractivity contribution in [2.45, 2.75) is 69.5 Å². The van der Waals surface area contributed by atoms with Crippen molar-refractivity contribution in [1.82, 2.24) is 0 Å². The number of aliphatic hydroxyl groups is 1. The second kappa shape index (κ2) is 18.7. The molecule has 0 aliphatic heterocycles. The third-order valence-electron chi connectivity index (χ3n) is 7.72. The lowest BCUT2D eigenvalue weighted by Gasteiger charge is -2.48. The molecule has 0 spiro atoms. The quantitative estimate of drug-likeness (QED) is 0.0938. The first-order valence-electron chi connectivity index (χ1n) is 15.5. The summed E-state index contributed by atoms with van der Waals surface area (Å²) in [5, 5.41) is 20.8. The Kier molecular flexibility index (Phi) is 13.8. The lowest BCUT2D eigenvalue weighted by molar-refractivity contribution is -0.269. The van der Waals surface area contributed by atoms with Gasteiger partial charge in [0.15, 0.2) is 0 Å². The molecule has 5 rings (SSSR count). The number of nitriles is 1. The van der Waals surface area contributed by atoms with Gasteiger partial charge in [0.1, 0.15) is 36.6 Å². The minimum absolute atomic E-state index is 0.00566. The number of hydrogen-bond acceptors (Lipinski definition) is 8. The molecule has 0 saturated heterocycles. The van der Waals surface area contributed by atoms with Gasteiger partial charge < -0.3 is 28.6 Å². The van der Waals surface area contributed by atoms with E-state index in [9.17, 15) is 5.11 Å². The molecule has 1 aliphatic rings.